The third kappa shape index (κ3) is 2.82. The van der Waals surface area contributed by atoms with Gasteiger partial charge in [-0.15, -0.1) is 0 Å². The quantitative estimate of drug-likeness (QED) is 0.866. The number of carbonyl (C=O) groups excluding carboxylic acids is 1. The number of halogens is 2. The van der Waals surface area contributed by atoms with Crippen molar-refractivity contribution in [1.29, 1.82) is 0 Å². The van der Waals surface area contributed by atoms with Gasteiger partial charge in [-0.05, 0) is 31.2 Å². The van der Waals surface area contributed by atoms with E-state index >= 15 is 0 Å². The van der Waals surface area contributed by atoms with E-state index in [2.05, 4.69) is 21.0 Å². The second-order valence-electron chi connectivity index (χ2n) is 5.78. The molecule has 0 spiro atoms. The number of alkyl halides is 1. The molecule has 1 aliphatic heterocycles. The number of likely N-dealkylation sites (tertiary alicyclic amines) is 1. The van der Waals surface area contributed by atoms with Crippen molar-refractivity contribution in [3.05, 3.63) is 46.2 Å². The van der Waals surface area contributed by atoms with Gasteiger partial charge in [0, 0.05) is 17.4 Å². The minimum Gasteiger partial charge on any atom is -0.479 e. The Balaban J connectivity index is 1.85. The predicted octanol–water partition coefficient (Wildman–Crippen LogP) is 2.58. The van der Waals surface area contributed by atoms with Crippen LogP contribution < -0.4 is 0 Å². The third-order valence-corrected chi connectivity index (χ3v) is 4.73. The van der Waals surface area contributed by atoms with Crippen LogP contribution in [0.15, 0.2) is 34.9 Å². The SMILES string of the molecule is Cc1c(C(=O)N2CCC(F)(C(=O)O)C2)cnn1-c1ccc(Br)cc1. The molecule has 1 N–H and O–H groups in total. The van der Waals surface area contributed by atoms with Crippen LogP contribution in [0, 0.1) is 6.92 Å². The van der Waals surface area contributed by atoms with Crippen molar-refractivity contribution >= 4 is 27.8 Å². The van der Waals surface area contributed by atoms with Crippen molar-refractivity contribution < 1.29 is 19.1 Å². The molecule has 1 fully saturated rings. The number of carboxylic acids is 1. The monoisotopic (exact) mass is 395 g/mol. The van der Waals surface area contributed by atoms with E-state index in [0.717, 1.165) is 10.2 Å². The molecular formula is C16H15BrFN3O3. The lowest BCUT2D eigenvalue weighted by Gasteiger charge is -2.17. The van der Waals surface area contributed by atoms with Crippen LogP contribution in [-0.2, 0) is 4.79 Å². The molecule has 24 heavy (non-hydrogen) atoms. The van der Waals surface area contributed by atoms with E-state index < -0.39 is 24.1 Å². The predicted molar refractivity (Wildman–Crippen MR) is 88.0 cm³/mol. The average molecular weight is 396 g/mol. The average Bonchev–Trinajstić information content (AvgIpc) is 3.12. The number of benzene rings is 1. The van der Waals surface area contributed by atoms with Gasteiger partial charge in [-0.3, -0.25) is 4.79 Å². The Labute approximate surface area is 146 Å². The fourth-order valence-corrected chi connectivity index (χ4v) is 3.02. The zero-order chi connectivity index (χ0) is 17.5. The van der Waals surface area contributed by atoms with Crippen LogP contribution in [0.4, 0.5) is 4.39 Å². The lowest BCUT2D eigenvalue weighted by molar-refractivity contribution is -0.149. The van der Waals surface area contributed by atoms with Gasteiger partial charge in [0.05, 0.1) is 29.7 Å². The van der Waals surface area contributed by atoms with Gasteiger partial charge in [0.25, 0.3) is 5.91 Å². The topological polar surface area (TPSA) is 75.4 Å². The summed E-state index contributed by atoms with van der Waals surface area (Å²) in [6.07, 6.45) is 1.23. The molecule has 0 bridgehead atoms. The minimum atomic E-state index is -2.37. The molecule has 1 aliphatic rings. The fraction of sp³-hybridized carbons (Fsp3) is 0.312. The molecule has 0 radical (unpaired) electrons. The maximum absolute atomic E-state index is 14.2. The highest BCUT2D eigenvalue weighted by Crippen LogP contribution is 2.28. The van der Waals surface area contributed by atoms with Crippen molar-refractivity contribution in [1.82, 2.24) is 14.7 Å². The van der Waals surface area contributed by atoms with Crippen LogP contribution in [0.2, 0.25) is 0 Å². The van der Waals surface area contributed by atoms with Gasteiger partial charge in [0.15, 0.2) is 0 Å². The first-order valence-electron chi connectivity index (χ1n) is 7.34. The smallest absolute Gasteiger partial charge is 0.343 e. The highest BCUT2D eigenvalue weighted by atomic mass is 79.9. The highest BCUT2D eigenvalue weighted by Gasteiger charge is 2.47. The normalized spacial score (nSPS) is 20.4. The van der Waals surface area contributed by atoms with Crippen LogP contribution in [0.3, 0.4) is 0 Å². The van der Waals surface area contributed by atoms with Crippen molar-refractivity contribution in [2.45, 2.75) is 19.0 Å². The maximum atomic E-state index is 14.2. The summed E-state index contributed by atoms with van der Waals surface area (Å²) < 4.78 is 16.7. The zero-order valence-electron chi connectivity index (χ0n) is 12.9. The molecular weight excluding hydrogens is 381 g/mol. The molecule has 6 nitrogen and oxygen atoms in total. The Hall–Kier alpha value is -2.22. The number of carboxylic acid groups (broad SMARTS) is 1. The van der Waals surface area contributed by atoms with Crippen LogP contribution in [0.1, 0.15) is 22.5 Å². The molecule has 3 rings (SSSR count). The van der Waals surface area contributed by atoms with Crippen LogP contribution in [-0.4, -0.2) is 50.4 Å². The summed E-state index contributed by atoms with van der Waals surface area (Å²) in [4.78, 5) is 24.8. The van der Waals surface area contributed by atoms with Crippen molar-refractivity contribution in [2.24, 2.45) is 0 Å². The first kappa shape index (κ1) is 16.6. The van der Waals surface area contributed by atoms with Gasteiger partial charge in [0.2, 0.25) is 5.67 Å². The molecule has 2 heterocycles. The standard InChI is InChI=1S/C16H15BrFN3O3/c1-10-13(8-19-21(10)12-4-2-11(17)3-5-12)14(22)20-7-6-16(18,9-20)15(23)24/h2-5,8H,6-7,9H2,1H3,(H,23,24). The summed E-state index contributed by atoms with van der Waals surface area (Å²) in [5.74, 6) is -1.93. The summed E-state index contributed by atoms with van der Waals surface area (Å²) in [5.41, 5.74) is -0.617. The number of carbonyl (C=O) groups is 2. The van der Waals surface area contributed by atoms with E-state index in [1.807, 2.05) is 24.3 Å². The highest BCUT2D eigenvalue weighted by molar-refractivity contribution is 9.10. The van der Waals surface area contributed by atoms with E-state index in [9.17, 15) is 14.0 Å². The van der Waals surface area contributed by atoms with Gasteiger partial charge < -0.3 is 10.0 Å². The molecule has 126 valence electrons. The summed E-state index contributed by atoms with van der Waals surface area (Å²) in [5, 5.41) is 13.2. The van der Waals surface area contributed by atoms with E-state index in [-0.39, 0.29) is 13.0 Å². The molecule has 1 saturated heterocycles. The van der Waals surface area contributed by atoms with E-state index in [1.165, 1.54) is 11.1 Å². The number of aliphatic carboxylic acids is 1. The lowest BCUT2D eigenvalue weighted by Crippen LogP contribution is -2.39. The Morgan fingerprint density at radius 3 is 2.58 bits per heavy atom. The van der Waals surface area contributed by atoms with Crippen LogP contribution in [0.25, 0.3) is 5.69 Å². The Morgan fingerprint density at radius 1 is 1.33 bits per heavy atom. The molecule has 2 aromatic rings. The lowest BCUT2D eigenvalue weighted by atomic mass is 10.1. The number of aromatic nitrogens is 2. The van der Waals surface area contributed by atoms with Gasteiger partial charge in [-0.2, -0.15) is 5.10 Å². The van der Waals surface area contributed by atoms with Gasteiger partial charge in [-0.25, -0.2) is 13.9 Å². The largest absolute Gasteiger partial charge is 0.479 e. The van der Waals surface area contributed by atoms with Gasteiger partial charge in [0.1, 0.15) is 0 Å². The van der Waals surface area contributed by atoms with Crippen LogP contribution in [0.5, 0.6) is 0 Å². The van der Waals surface area contributed by atoms with Gasteiger partial charge >= 0.3 is 5.97 Å². The van der Waals surface area contributed by atoms with E-state index in [0.29, 0.717) is 11.3 Å². The Bertz CT molecular complexity index is 805. The molecule has 1 unspecified atom stereocenters. The second-order valence-corrected chi connectivity index (χ2v) is 6.69. The first-order valence-corrected chi connectivity index (χ1v) is 8.13. The number of rotatable bonds is 3. The molecule has 1 amide bonds. The number of nitrogens with zero attached hydrogens (tertiary/aromatic N) is 3. The minimum absolute atomic E-state index is 0.0739. The fourth-order valence-electron chi connectivity index (χ4n) is 2.75. The molecule has 8 heteroatoms. The molecule has 0 saturated carbocycles. The second kappa shape index (κ2) is 6.01. The summed E-state index contributed by atoms with van der Waals surface area (Å²) >= 11 is 3.36. The summed E-state index contributed by atoms with van der Waals surface area (Å²) in [6, 6.07) is 7.43. The van der Waals surface area contributed by atoms with Gasteiger partial charge in [-0.1, -0.05) is 15.9 Å². The van der Waals surface area contributed by atoms with Crippen molar-refractivity contribution in [3.63, 3.8) is 0 Å². The number of amides is 1. The first-order chi connectivity index (χ1) is 11.3. The molecule has 1 aromatic carbocycles. The van der Waals surface area contributed by atoms with E-state index in [4.69, 9.17) is 5.11 Å². The maximum Gasteiger partial charge on any atom is 0.343 e. The zero-order valence-corrected chi connectivity index (χ0v) is 14.5. The molecule has 0 aliphatic carbocycles. The van der Waals surface area contributed by atoms with E-state index in [1.54, 1.807) is 11.6 Å². The summed E-state index contributed by atoms with van der Waals surface area (Å²) in [7, 11) is 0. The summed E-state index contributed by atoms with van der Waals surface area (Å²) in [6.45, 7) is 1.38. The molecule has 1 aromatic heterocycles. The van der Waals surface area contributed by atoms with Crippen LogP contribution >= 0.6 is 15.9 Å². The Kier molecular flexibility index (Phi) is 4.16. The number of hydrogen-bond donors (Lipinski definition) is 1. The third-order valence-electron chi connectivity index (χ3n) is 4.20. The Morgan fingerprint density at radius 2 is 2.00 bits per heavy atom. The van der Waals surface area contributed by atoms with Crippen molar-refractivity contribution in [3.8, 4) is 5.69 Å². The molecule has 1 atom stereocenters. The van der Waals surface area contributed by atoms with Crippen molar-refractivity contribution in [2.75, 3.05) is 13.1 Å². The number of hydrogen-bond acceptors (Lipinski definition) is 3.